The maximum Gasteiger partial charge on any atom is 0.274 e. The van der Waals surface area contributed by atoms with Gasteiger partial charge in [0.15, 0.2) is 0 Å². The molecule has 0 radical (unpaired) electrons. The Kier molecular flexibility index (Phi) is 4.88. The third kappa shape index (κ3) is 4.68. The van der Waals surface area contributed by atoms with E-state index in [1.807, 2.05) is 45.0 Å². The molecule has 0 spiro atoms. The molecule has 6 nitrogen and oxygen atoms in total. The molecule has 25 heavy (non-hydrogen) atoms. The Labute approximate surface area is 148 Å². The second-order valence-corrected chi connectivity index (χ2v) is 7.36. The highest BCUT2D eigenvalue weighted by Gasteiger charge is 2.15. The molecular weight excluding hydrogens is 314 g/mol. The molecule has 0 saturated carbocycles. The topological polar surface area (TPSA) is 70.2 Å². The number of carbonyl (C=O) groups excluding carboxylic acids is 1. The van der Waals surface area contributed by atoms with E-state index in [0.717, 1.165) is 18.8 Å². The van der Waals surface area contributed by atoms with Crippen LogP contribution < -0.4 is 15.5 Å². The smallest absolute Gasteiger partial charge is 0.274 e. The Morgan fingerprint density at radius 2 is 1.76 bits per heavy atom. The fourth-order valence-corrected chi connectivity index (χ4v) is 2.86. The Bertz CT molecular complexity index is 730. The monoisotopic (exact) mass is 339 g/mol. The number of aromatic nitrogens is 2. The zero-order chi connectivity index (χ0) is 17.9. The van der Waals surface area contributed by atoms with Gasteiger partial charge in [-0.3, -0.25) is 4.79 Å². The minimum atomic E-state index is -0.242. The predicted octanol–water partition coefficient (Wildman–Crippen LogP) is 3.54. The van der Waals surface area contributed by atoms with E-state index in [1.54, 1.807) is 6.07 Å². The number of hydrogen-bond acceptors (Lipinski definition) is 5. The average molecular weight is 339 g/mol. The largest absolute Gasteiger partial charge is 0.372 e. The predicted molar refractivity (Wildman–Crippen MR) is 101 cm³/mol. The first kappa shape index (κ1) is 17.2. The van der Waals surface area contributed by atoms with Gasteiger partial charge in [0.25, 0.3) is 5.91 Å². The van der Waals surface area contributed by atoms with Crippen molar-refractivity contribution in [2.75, 3.05) is 28.6 Å². The lowest BCUT2D eigenvalue weighted by atomic mass is 10.1. The normalized spacial score (nSPS) is 14.4. The molecular formula is C19H25N5O. The fourth-order valence-electron chi connectivity index (χ4n) is 2.86. The number of nitrogens with zero attached hydrogens (tertiary/aromatic N) is 3. The van der Waals surface area contributed by atoms with Crippen LogP contribution in [0.3, 0.4) is 0 Å². The van der Waals surface area contributed by atoms with E-state index in [-0.39, 0.29) is 11.4 Å². The maximum absolute atomic E-state index is 12.4. The van der Waals surface area contributed by atoms with Gasteiger partial charge in [-0.15, -0.1) is 0 Å². The molecule has 0 bridgehead atoms. The number of nitrogens with one attached hydrogen (secondary N) is 2. The third-order valence-electron chi connectivity index (χ3n) is 4.00. The quantitative estimate of drug-likeness (QED) is 0.891. The van der Waals surface area contributed by atoms with Crippen molar-refractivity contribution in [2.24, 2.45) is 0 Å². The van der Waals surface area contributed by atoms with Gasteiger partial charge in [-0.1, -0.05) is 0 Å². The first-order valence-corrected chi connectivity index (χ1v) is 8.67. The van der Waals surface area contributed by atoms with E-state index in [4.69, 9.17) is 0 Å². The summed E-state index contributed by atoms with van der Waals surface area (Å²) in [7, 11) is 0. The molecule has 1 aliphatic rings. The number of carbonyl (C=O) groups is 1. The molecule has 1 aromatic carbocycles. The van der Waals surface area contributed by atoms with Crippen molar-refractivity contribution in [3.63, 3.8) is 0 Å². The van der Waals surface area contributed by atoms with E-state index in [9.17, 15) is 4.79 Å². The average Bonchev–Trinajstić information content (AvgIpc) is 3.08. The van der Waals surface area contributed by atoms with Gasteiger partial charge in [-0.05, 0) is 57.9 Å². The molecule has 2 N–H and O–H groups in total. The molecule has 3 rings (SSSR count). The first-order chi connectivity index (χ1) is 11.9. The zero-order valence-corrected chi connectivity index (χ0v) is 15.0. The third-order valence-corrected chi connectivity index (χ3v) is 4.00. The molecule has 0 aliphatic carbocycles. The summed E-state index contributed by atoms with van der Waals surface area (Å²) >= 11 is 0. The SMILES string of the molecule is CC(C)(C)Nc1cc(C(=O)Nc2ccc(N3CCCC3)cc2)ncn1. The van der Waals surface area contributed by atoms with Crippen LogP contribution >= 0.6 is 0 Å². The number of benzene rings is 1. The lowest BCUT2D eigenvalue weighted by molar-refractivity contribution is 0.102. The first-order valence-electron chi connectivity index (χ1n) is 8.67. The van der Waals surface area contributed by atoms with Gasteiger partial charge in [0.1, 0.15) is 17.8 Å². The Morgan fingerprint density at radius 3 is 2.40 bits per heavy atom. The molecule has 1 fully saturated rings. The molecule has 6 heteroatoms. The summed E-state index contributed by atoms with van der Waals surface area (Å²) in [5.41, 5.74) is 2.17. The van der Waals surface area contributed by atoms with E-state index in [2.05, 4.69) is 25.5 Å². The molecule has 2 heterocycles. The van der Waals surface area contributed by atoms with Crippen LogP contribution in [0.1, 0.15) is 44.1 Å². The van der Waals surface area contributed by atoms with Gasteiger partial charge >= 0.3 is 0 Å². The molecule has 2 aromatic rings. The van der Waals surface area contributed by atoms with Crippen LogP contribution in [0.4, 0.5) is 17.2 Å². The van der Waals surface area contributed by atoms with Gasteiger partial charge in [-0.2, -0.15) is 0 Å². The van der Waals surface area contributed by atoms with Crippen molar-refractivity contribution >= 4 is 23.1 Å². The second-order valence-electron chi connectivity index (χ2n) is 7.36. The highest BCUT2D eigenvalue weighted by molar-refractivity contribution is 6.03. The molecule has 1 saturated heterocycles. The highest BCUT2D eigenvalue weighted by Crippen LogP contribution is 2.22. The summed E-state index contributed by atoms with van der Waals surface area (Å²) in [4.78, 5) is 23.0. The Balaban J connectivity index is 1.66. The van der Waals surface area contributed by atoms with Crippen LogP contribution in [0.15, 0.2) is 36.7 Å². The molecule has 1 aromatic heterocycles. The Morgan fingerprint density at radius 1 is 1.08 bits per heavy atom. The van der Waals surface area contributed by atoms with Crippen molar-refractivity contribution < 1.29 is 4.79 Å². The summed E-state index contributed by atoms with van der Waals surface area (Å²) in [6, 6.07) is 9.63. The molecule has 1 amide bonds. The summed E-state index contributed by atoms with van der Waals surface area (Å²) < 4.78 is 0. The second kappa shape index (κ2) is 7.09. The van der Waals surface area contributed by atoms with Crippen molar-refractivity contribution in [3.8, 4) is 0 Å². The number of amides is 1. The summed E-state index contributed by atoms with van der Waals surface area (Å²) in [5.74, 6) is 0.394. The van der Waals surface area contributed by atoms with Crippen LogP contribution in [0, 0.1) is 0 Å². The van der Waals surface area contributed by atoms with Crippen molar-refractivity contribution in [2.45, 2.75) is 39.2 Å². The molecule has 132 valence electrons. The van der Waals surface area contributed by atoms with E-state index < -0.39 is 0 Å². The van der Waals surface area contributed by atoms with Crippen molar-refractivity contribution in [3.05, 3.63) is 42.4 Å². The lowest BCUT2D eigenvalue weighted by Crippen LogP contribution is -2.27. The van der Waals surface area contributed by atoms with E-state index in [1.165, 1.54) is 24.9 Å². The highest BCUT2D eigenvalue weighted by atomic mass is 16.1. The minimum Gasteiger partial charge on any atom is -0.372 e. The van der Waals surface area contributed by atoms with Gasteiger partial charge in [-0.25, -0.2) is 9.97 Å². The van der Waals surface area contributed by atoms with Crippen LogP contribution in [-0.4, -0.2) is 34.5 Å². The standard InChI is InChI=1S/C19H25N5O/c1-19(2,3)23-17-12-16(20-13-21-17)18(25)22-14-6-8-15(9-7-14)24-10-4-5-11-24/h6-9,12-13H,4-5,10-11H2,1-3H3,(H,22,25)(H,20,21,23). The van der Waals surface area contributed by atoms with Gasteiger partial charge in [0, 0.05) is 36.1 Å². The van der Waals surface area contributed by atoms with Crippen molar-refractivity contribution in [1.29, 1.82) is 0 Å². The summed E-state index contributed by atoms with van der Waals surface area (Å²) in [6.07, 6.45) is 3.90. The van der Waals surface area contributed by atoms with Crippen LogP contribution in [-0.2, 0) is 0 Å². The van der Waals surface area contributed by atoms with Crippen molar-refractivity contribution in [1.82, 2.24) is 9.97 Å². The van der Waals surface area contributed by atoms with Crippen LogP contribution in [0.5, 0.6) is 0 Å². The van der Waals surface area contributed by atoms with Crippen LogP contribution in [0.2, 0.25) is 0 Å². The molecule has 0 atom stereocenters. The fraction of sp³-hybridized carbons (Fsp3) is 0.421. The maximum atomic E-state index is 12.4. The number of hydrogen-bond donors (Lipinski definition) is 2. The zero-order valence-electron chi connectivity index (χ0n) is 15.0. The molecule has 0 unspecified atom stereocenters. The van der Waals surface area contributed by atoms with Gasteiger partial charge in [0.2, 0.25) is 0 Å². The van der Waals surface area contributed by atoms with Gasteiger partial charge < -0.3 is 15.5 Å². The van der Waals surface area contributed by atoms with Crippen LogP contribution in [0.25, 0.3) is 0 Å². The summed E-state index contributed by atoms with van der Waals surface area (Å²) in [5, 5.41) is 6.13. The Hall–Kier alpha value is -2.63. The lowest BCUT2D eigenvalue weighted by Gasteiger charge is -2.21. The van der Waals surface area contributed by atoms with E-state index in [0.29, 0.717) is 11.5 Å². The number of anilines is 3. The minimum absolute atomic E-state index is 0.131. The molecule has 1 aliphatic heterocycles. The summed E-state index contributed by atoms with van der Waals surface area (Å²) in [6.45, 7) is 8.33. The number of rotatable bonds is 4. The van der Waals surface area contributed by atoms with Gasteiger partial charge in [0.05, 0.1) is 0 Å². The van der Waals surface area contributed by atoms with E-state index >= 15 is 0 Å².